The fourth-order valence-electron chi connectivity index (χ4n) is 5.74. The van der Waals surface area contributed by atoms with Crippen LogP contribution in [0.4, 0.5) is 26.3 Å². The van der Waals surface area contributed by atoms with E-state index >= 15 is 0 Å². The van der Waals surface area contributed by atoms with Gasteiger partial charge in [0, 0.05) is 37.9 Å². The number of pyridine rings is 1. The Morgan fingerprint density at radius 2 is 1.32 bits per heavy atom. The van der Waals surface area contributed by atoms with Crippen molar-refractivity contribution in [3.63, 3.8) is 0 Å². The summed E-state index contributed by atoms with van der Waals surface area (Å²) in [5.74, 6) is -2.22. The third-order valence-electron chi connectivity index (χ3n) is 8.16. The van der Waals surface area contributed by atoms with Crippen molar-refractivity contribution in [2.45, 2.75) is 44.2 Å². The summed E-state index contributed by atoms with van der Waals surface area (Å²) >= 11 is 0. The van der Waals surface area contributed by atoms with Gasteiger partial charge < -0.3 is 24.3 Å². The maximum atomic E-state index is 10.6. The highest BCUT2D eigenvalue weighted by Crippen LogP contribution is 2.33. The van der Waals surface area contributed by atoms with Crippen LogP contribution in [0.2, 0.25) is 0 Å². The molecule has 282 valence electrons. The van der Waals surface area contributed by atoms with E-state index in [0.717, 1.165) is 72.9 Å². The van der Waals surface area contributed by atoms with Gasteiger partial charge in [-0.15, -0.1) is 0 Å². The fourth-order valence-corrected chi connectivity index (χ4v) is 5.74. The number of rotatable bonds is 8. The number of hydrogen-bond donors (Lipinski definition) is 2. The number of aromatic nitrogens is 3. The van der Waals surface area contributed by atoms with Crippen molar-refractivity contribution in [1.29, 1.82) is 0 Å². The molecule has 0 aliphatic carbocycles. The van der Waals surface area contributed by atoms with E-state index in [-0.39, 0.29) is 0 Å². The molecule has 16 heteroatoms. The maximum absolute atomic E-state index is 10.6. The van der Waals surface area contributed by atoms with Crippen LogP contribution in [0.25, 0.3) is 22.2 Å². The largest absolute Gasteiger partial charge is 0.497 e. The molecule has 5 aromatic rings. The number of imidazole rings is 1. The van der Waals surface area contributed by atoms with Gasteiger partial charge in [-0.2, -0.15) is 26.3 Å². The highest BCUT2D eigenvalue weighted by molar-refractivity contribution is 5.83. The van der Waals surface area contributed by atoms with Gasteiger partial charge in [0.25, 0.3) is 0 Å². The van der Waals surface area contributed by atoms with Gasteiger partial charge in [-0.3, -0.25) is 9.88 Å². The Morgan fingerprint density at radius 3 is 1.85 bits per heavy atom. The maximum Gasteiger partial charge on any atom is 0.490 e. The van der Waals surface area contributed by atoms with E-state index in [9.17, 15) is 26.3 Å². The van der Waals surface area contributed by atoms with Crippen LogP contribution in [0, 0.1) is 0 Å². The van der Waals surface area contributed by atoms with E-state index in [1.54, 1.807) is 14.2 Å². The molecule has 1 aliphatic heterocycles. The molecule has 1 saturated heterocycles. The molecular weight excluding hydrogens is 710 g/mol. The van der Waals surface area contributed by atoms with Crippen molar-refractivity contribution < 1.29 is 55.6 Å². The van der Waals surface area contributed by atoms with Crippen LogP contribution in [-0.2, 0) is 22.7 Å². The minimum Gasteiger partial charge on any atom is -0.497 e. The van der Waals surface area contributed by atoms with E-state index < -0.39 is 24.3 Å². The van der Waals surface area contributed by atoms with Crippen molar-refractivity contribution in [3.8, 4) is 22.6 Å². The molecule has 53 heavy (non-hydrogen) atoms. The average molecular weight is 747 g/mol. The smallest absolute Gasteiger partial charge is 0.490 e. The second-order valence-corrected chi connectivity index (χ2v) is 11.9. The predicted octanol–water partition coefficient (Wildman–Crippen LogP) is 7.81. The Kier molecular flexibility index (Phi) is 13.4. The summed E-state index contributed by atoms with van der Waals surface area (Å²) in [6.45, 7) is 3.73. The first-order valence-electron chi connectivity index (χ1n) is 16.1. The molecule has 10 nitrogen and oxygen atoms in total. The number of aliphatic carboxylic acids is 2. The number of alkyl halides is 6. The van der Waals surface area contributed by atoms with Crippen LogP contribution in [0.3, 0.4) is 0 Å². The molecule has 2 aromatic heterocycles. The summed E-state index contributed by atoms with van der Waals surface area (Å²) < 4.78 is 76.9. The minimum atomic E-state index is -5.08. The lowest BCUT2D eigenvalue weighted by Crippen LogP contribution is -2.35. The number of likely N-dealkylation sites (tertiary alicyclic amines) is 1. The van der Waals surface area contributed by atoms with Gasteiger partial charge in [-0.25, -0.2) is 14.6 Å². The summed E-state index contributed by atoms with van der Waals surface area (Å²) in [6, 6.07) is 27.5. The number of nitrogens with zero attached hydrogens (tertiary/aromatic N) is 4. The van der Waals surface area contributed by atoms with Gasteiger partial charge in [-0.05, 0) is 90.2 Å². The number of carbonyl (C=O) groups is 2. The zero-order chi connectivity index (χ0) is 38.8. The van der Waals surface area contributed by atoms with Gasteiger partial charge in [0.2, 0.25) is 0 Å². The highest BCUT2D eigenvalue weighted by Gasteiger charge is 2.39. The highest BCUT2D eigenvalue weighted by atomic mass is 19.4. The molecule has 1 atom stereocenters. The quantitative estimate of drug-likeness (QED) is 0.153. The van der Waals surface area contributed by atoms with Crippen LogP contribution in [-0.4, -0.2) is 81.2 Å². The third kappa shape index (κ3) is 11.4. The topological polar surface area (TPSA) is 127 Å². The number of halogens is 6. The lowest BCUT2D eigenvalue weighted by molar-refractivity contribution is -0.193. The number of ether oxygens (including phenoxy) is 2. The lowest BCUT2D eigenvalue weighted by atomic mass is 9.96. The molecule has 0 saturated carbocycles. The lowest BCUT2D eigenvalue weighted by Gasteiger charge is -2.32. The number of fused-ring (bicyclic) bond motifs is 1. The van der Waals surface area contributed by atoms with Crippen molar-refractivity contribution in [3.05, 3.63) is 108 Å². The number of hydrogen-bond acceptors (Lipinski definition) is 7. The van der Waals surface area contributed by atoms with Crippen molar-refractivity contribution in [2.24, 2.45) is 0 Å². The van der Waals surface area contributed by atoms with E-state index in [1.807, 2.05) is 24.5 Å². The third-order valence-corrected chi connectivity index (χ3v) is 8.16. The van der Waals surface area contributed by atoms with E-state index in [1.165, 1.54) is 16.7 Å². The summed E-state index contributed by atoms with van der Waals surface area (Å²) in [4.78, 5) is 29.8. The first-order valence-corrected chi connectivity index (χ1v) is 16.1. The summed E-state index contributed by atoms with van der Waals surface area (Å²) in [6.07, 6.45) is -4.19. The second kappa shape index (κ2) is 17.7. The van der Waals surface area contributed by atoms with Crippen LogP contribution in [0.1, 0.15) is 35.7 Å². The van der Waals surface area contributed by atoms with E-state index in [0.29, 0.717) is 5.92 Å². The van der Waals surface area contributed by atoms with Crippen LogP contribution in [0.5, 0.6) is 11.5 Å². The summed E-state index contributed by atoms with van der Waals surface area (Å²) in [5.41, 5.74) is 7.01. The summed E-state index contributed by atoms with van der Waals surface area (Å²) in [5, 5.41) is 14.2. The van der Waals surface area contributed by atoms with Crippen LogP contribution in [0.15, 0.2) is 91.3 Å². The van der Waals surface area contributed by atoms with Gasteiger partial charge in [-0.1, -0.05) is 30.3 Å². The van der Waals surface area contributed by atoms with Gasteiger partial charge in [0.05, 0.1) is 25.3 Å². The molecule has 1 fully saturated rings. The molecule has 0 amide bonds. The Labute approximate surface area is 300 Å². The molecule has 0 bridgehead atoms. The minimum absolute atomic E-state index is 0.353. The van der Waals surface area contributed by atoms with E-state index in [2.05, 4.69) is 81.2 Å². The first-order chi connectivity index (χ1) is 25.1. The Balaban J connectivity index is 0.000000381. The molecule has 2 N–H and O–H groups in total. The molecule has 3 heterocycles. The van der Waals surface area contributed by atoms with Crippen molar-refractivity contribution >= 4 is 23.0 Å². The normalized spacial score (nSPS) is 14.7. The van der Waals surface area contributed by atoms with Gasteiger partial charge in [0.1, 0.15) is 17.3 Å². The Hall–Kier alpha value is -5.64. The van der Waals surface area contributed by atoms with Crippen LogP contribution >= 0.6 is 0 Å². The predicted molar refractivity (Wildman–Crippen MR) is 183 cm³/mol. The van der Waals surface area contributed by atoms with Crippen molar-refractivity contribution in [2.75, 3.05) is 27.3 Å². The van der Waals surface area contributed by atoms with Gasteiger partial charge in [0.15, 0.2) is 0 Å². The number of benzene rings is 3. The standard InChI is InChI=1S/C33H34N4O2.2C2HF3O2/c1-38-29-9-3-6-24(18-29)21-36-17-5-8-28(23-36)33-35-31-12-11-27(26-13-15-34-16-14-26)20-32(31)37(33)22-25-7-4-10-30(19-25)39-2;2*3-2(4,5)1(6)7/h3-4,6-7,9-16,18-20,28H,5,8,17,21-23H2,1-2H3;2*(H,6,7). The van der Waals surface area contributed by atoms with Crippen LogP contribution < -0.4 is 9.47 Å². The monoisotopic (exact) mass is 746 g/mol. The molecule has 1 unspecified atom stereocenters. The number of carboxylic acid groups (broad SMARTS) is 2. The molecule has 6 rings (SSSR count). The Morgan fingerprint density at radius 1 is 0.774 bits per heavy atom. The first kappa shape index (κ1) is 40.1. The zero-order valence-electron chi connectivity index (χ0n) is 28.6. The SMILES string of the molecule is COc1cccc(CN2CCCC(c3nc4ccc(-c5ccncc5)cc4n3Cc3cccc(OC)c3)C2)c1.O=C(O)C(F)(F)F.O=C(O)C(F)(F)F. The van der Waals surface area contributed by atoms with E-state index in [4.69, 9.17) is 34.3 Å². The molecule has 0 spiro atoms. The second-order valence-electron chi connectivity index (χ2n) is 11.9. The van der Waals surface area contributed by atoms with Crippen molar-refractivity contribution in [1.82, 2.24) is 19.4 Å². The molecule has 3 aromatic carbocycles. The number of piperidine rings is 1. The molecule has 0 radical (unpaired) electrons. The average Bonchev–Trinajstić information content (AvgIpc) is 3.49. The molecular formula is C37H36F6N4O6. The zero-order valence-corrected chi connectivity index (χ0v) is 28.6. The fraction of sp³-hybridized carbons (Fsp3) is 0.297. The molecule has 1 aliphatic rings. The Bertz CT molecular complexity index is 1960. The van der Waals surface area contributed by atoms with Gasteiger partial charge >= 0.3 is 24.3 Å². The number of carboxylic acids is 2. The number of methoxy groups -OCH3 is 2. The summed E-state index contributed by atoms with van der Waals surface area (Å²) in [7, 11) is 3.44.